The molecule has 1 saturated carbocycles. The van der Waals surface area contributed by atoms with Crippen LogP contribution in [0.25, 0.3) is 0 Å². The van der Waals surface area contributed by atoms with E-state index in [1.165, 1.54) is 25.5 Å². The fourth-order valence-electron chi connectivity index (χ4n) is 2.20. The quantitative estimate of drug-likeness (QED) is 0.766. The maximum absolute atomic E-state index is 11.5. The Labute approximate surface area is 118 Å². The number of nitrogens with one attached hydrogen (secondary N) is 1. The van der Waals surface area contributed by atoms with Crippen molar-refractivity contribution in [3.05, 3.63) is 35.4 Å². The van der Waals surface area contributed by atoms with Crippen molar-refractivity contribution in [1.82, 2.24) is 5.32 Å². The van der Waals surface area contributed by atoms with E-state index in [0.717, 1.165) is 5.56 Å². The highest BCUT2D eigenvalue weighted by atomic mass is 16.5. The summed E-state index contributed by atoms with van der Waals surface area (Å²) in [5.74, 6) is -0.0150. The second-order valence-corrected chi connectivity index (χ2v) is 5.05. The molecule has 1 aromatic carbocycles. The van der Waals surface area contributed by atoms with Crippen molar-refractivity contribution in [3.8, 4) is 0 Å². The molecule has 0 bridgehead atoms. The molecule has 3 N–H and O–H groups in total. The number of benzene rings is 1. The molecule has 1 amide bonds. The molecular formula is C15H20N2O3. The number of carbonyl (C=O) groups is 2. The lowest BCUT2D eigenvalue weighted by Gasteiger charge is -2.18. The summed E-state index contributed by atoms with van der Waals surface area (Å²) in [4.78, 5) is 23.0. The molecule has 108 valence electrons. The Hall–Kier alpha value is -1.88. The smallest absolute Gasteiger partial charge is 0.307 e. The van der Waals surface area contributed by atoms with Crippen LogP contribution in [0.15, 0.2) is 24.3 Å². The monoisotopic (exact) mass is 276 g/mol. The van der Waals surface area contributed by atoms with Gasteiger partial charge in [0.15, 0.2) is 0 Å². The Bertz CT molecular complexity index is 480. The SMILES string of the molecule is COC(=O)C[C@H](NC(=O)CN)c1cccc(C2CC2)c1. The topological polar surface area (TPSA) is 81.4 Å². The normalized spacial score (nSPS) is 15.5. The van der Waals surface area contributed by atoms with Crippen molar-refractivity contribution in [1.29, 1.82) is 0 Å². The highest BCUT2D eigenvalue weighted by Gasteiger charge is 2.25. The number of hydrogen-bond acceptors (Lipinski definition) is 4. The van der Waals surface area contributed by atoms with E-state index in [2.05, 4.69) is 22.2 Å². The molecule has 0 aromatic heterocycles. The molecule has 20 heavy (non-hydrogen) atoms. The van der Waals surface area contributed by atoms with Gasteiger partial charge in [0.1, 0.15) is 0 Å². The van der Waals surface area contributed by atoms with Gasteiger partial charge in [-0.2, -0.15) is 0 Å². The van der Waals surface area contributed by atoms with Crippen LogP contribution in [0, 0.1) is 0 Å². The number of esters is 1. The van der Waals surface area contributed by atoms with Crippen LogP contribution >= 0.6 is 0 Å². The van der Waals surface area contributed by atoms with Crippen LogP contribution in [-0.2, 0) is 14.3 Å². The minimum atomic E-state index is -0.391. The van der Waals surface area contributed by atoms with Crippen LogP contribution in [0.3, 0.4) is 0 Å². The number of methoxy groups -OCH3 is 1. The summed E-state index contributed by atoms with van der Waals surface area (Å²) in [7, 11) is 1.34. The zero-order chi connectivity index (χ0) is 14.5. The largest absolute Gasteiger partial charge is 0.469 e. The fraction of sp³-hybridized carbons (Fsp3) is 0.467. The summed E-state index contributed by atoms with van der Waals surface area (Å²) in [5, 5.41) is 2.77. The van der Waals surface area contributed by atoms with Gasteiger partial charge in [-0.05, 0) is 29.9 Å². The third kappa shape index (κ3) is 3.81. The van der Waals surface area contributed by atoms with E-state index in [0.29, 0.717) is 5.92 Å². The van der Waals surface area contributed by atoms with E-state index in [4.69, 9.17) is 5.73 Å². The first-order chi connectivity index (χ1) is 9.63. The van der Waals surface area contributed by atoms with Gasteiger partial charge in [-0.15, -0.1) is 0 Å². The Morgan fingerprint density at radius 3 is 2.80 bits per heavy atom. The zero-order valence-electron chi connectivity index (χ0n) is 11.6. The molecular weight excluding hydrogens is 256 g/mol. The van der Waals surface area contributed by atoms with Crippen molar-refractivity contribution in [3.63, 3.8) is 0 Å². The second kappa shape index (κ2) is 6.52. The summed E-state index contributed by atoms with van der Waals surface area (Å²) in [6, 6.07) is 7.62. The number of rotatable bonds is 6. The molecule has 0 aliphatic heterocycles. The molecule has 0 saturated heterocycles. The van der Waals surface area contributed by atoms with Gasteiger partial charge in [0.05, 0.1) is 26.1 Å². The van der Waals surface area contributed by atoms with E-state index in [9.17, 15) is 9.59 Å². The van der Waals surface area contributed by atoms with E-state index in [1.807, 2.05) is 12.1 Å². The predicted octanol–water partition coefficient (Wildman–Crippen LogP) is 1.24. The maximum Gasteiger partial charge on any atom is 0.307 e. The third-order valence-corrected chi connectivity index (χ3v) is 3.48. The Kier molecular flexibility index (Phi) is 4.74. The van der Waals surface area contributed by atoms with Crippen LogP contribution in [0.5, 0.6) is 0 Å². The van der Waals surface area contributed by atoms with Crippen molar-refractivity contribution >= 4 is 11.9 Å². The van der Waals surface area contributed by atoms with Gasteiger partial charge in [-0.3, -0.25) is 9.59 Å². The molecule has 1 aliphatic rings. The summed E-state index contributed by atoms with van der Waals surface area (Å²) in [5.41, 5.74) is 7.50. The minimum Gasteiger partial charge on any atom is -0.469 e. The highest BCUT2D eigenvalue weighted by molar-refractivity contribution is 5.79. The summed E-state index contributed by atoms with van der Waals surface area (Å²) < 4.78 is 4.69. The number of hydrogen-bond donors (Lipinski definition) is 2. The van der Waals surface area contributed by atoms with Crippen molar-refractivity contribution in [2.75, 3.05) is 13.7 Å². The molecule has 0 spiro atoms. The fourth-order valence-corrected chi connectivity index (χ4v) is 2.20. The highest BCUT2D eigenvalue weighted by Crippen LogP contribution is 2.40. The lowest BCUT2D eigenvalue weighted by atomic mass is 9.99. The van der Waals surface area contributed by atoms with Crippen LogP contribution in [0.4, 0.5) is 0 Å². The van der Waals surface area contributed by atoms with Gasteiger partial charge in [-0.1, -0.05) is 24.3 Å². The molecule has 1 aliphatic carbocycles. The third-order valence-electron chi connectivity index (χ3n) is 3.48. The van der Waals surface area contributed by atoms with Gasteiger partial charge in [0.25, 0.3) is 0 Å². The van der Waals surface area contributed by atoms with Crippen molar-refractivity contribution in [2.45, 2.75) is 31.2 Å². The van der Waals surface area contributed by atoms with Crippen LogP contribution in [-0.4, -0.2) is 25.5 Å². The van der Waals surface area contributed by atoms with E-state index in [1.54, 1.807) is 0 Å². The minimum absolute atomic E-state index is 0.0972. The van der Waals surface area contributed by atoms with Crippen LogP contribution in [0.2, 0.25) is 0 Å². The number of carbonyl (C=O) groups excluding carboxylic acids is 2. The Morgan fingerprint density at radius 2 is 2.20 bits per heavy atom. The van der Waals surface area contributed by atoms with Crippen LogP contribution < -0.4 is 11.1 Å². The molecule has 5 heteroatoms. The standard InChI is InChI=1S/C15H20N2O3/c1-20-15(19)8-13(17-14(18)9-16)12-4-2-3-11(7-12)10-5-6-10/h2-4,7,10,13H,5-6,8-9,16H2,1H3,(H,17,18)/t13-/m0/s1. The first kappa shape index (κ1) is 14.5. The average Bonchev–Trinajstić information content (AvgIpc) is 3.31. The number of nitrogens with two attached hydrogens (primary N) is 1. The summed E-state index contributed by atoms with van der Waals surface area (Å²) in [6.07, 6.45) is 2.52. The molecule has 1 aromatic rings. The molecule has 0 unspecified atom stereocenters. The lowest BCUT2D eigenvalue weighted by Crippen LogP contribution is -2.35. The number of ether oxygens (including phenoxy) is 1. The number of amides is 1. The second-order valence-electron chi connectivity index (χ2n) is 5.05. The molecule has 1 fully saturated rings. The average molecular weight is 276 g/mol. The molecule has 1 atom stereocenters. The van der Waals surface area contributed by atoms with Crippen LogP contribution in [0.1, 0.15) is 42.3 Å². The van der Waals surface area contributed by atoms with E-state index >= 15 is 0 Å². The molecule has 2 rings (SSSR count). The van der Waals surface area contributed by atoms with Gasteiger partial charge >= 0.3 is 5.97 Å². The van der Waals surface area contributed by atoms with Gasteiger partial charge in [-0.25, -0.2) is 0 Å². The first-order valence-electron chi connectivity index (χ1n) is 6.80. The molecule has 5 nitrogen and oxygen atoms in total. The van der Waals surface area contributed by atoms with E-state index in [-0.39, 0.29) is 24.8 Å². The summed E-state index contributed by atoms with van der Waals surface area (Å²) in [6.45, 7) is -0.0972. The molecule has 0 heterocycles. The molecule has 0 radical (unpaired) electrons. The van der Waals surface area contributed by atoms with Crippen molar-refractivity contribution < 1.29 is 14.3 Å². The van der Waals surface area contributed by atoms with Gasteiger partial charge in [0.2, 0.25) is 5.91 Å². The Morgan fingerprint density at radius 1 is 1.45 bits per heavy atom. The van der Waals surface area contributed by atoms with Gasteiger partial charge < -0.3 is 15.8 Å². The lowest BCUT2D eigenvalue weighted by molar-refractivity contribution is -0.141. The first-order valence-corrected chi connectivity index (χ1v) is 6.80. The predicted molar refractivity (Wildman–Crippen MR) is 75.0 cm³/mol. The van der Waals surface area contributed by atoms with Gasteiger partial charge in [0, 0.05) is 0 Å². The summed E-state index contributed by atoms with van der Waals surface area (Å²) >= 11 is 0. The van der Waals surface area contributed by atoms with E-state index < -0.39 is 6.04 Å². The maximum atomic E-state index is 11.5. The Balaban J connectivity index is 2.17. The zero-order valence-corrected chi connectivity index (χ0v) is 11.6. The van der Waals surface area contributed by atoms with Crippen molar-refractivity contribution in [2.24, 2.45) is 5.73 Å².